The molecule has 0 N–H and O–H groups in total. The number of carbonyl (C=O) groups is 1. The van der Waals surface area contributed by atoms with Crippen LogP contribution in [0.5, 0.6) is 5.75 Å². The van der Waals surface area contributed by atoms with E-state index in [1.54, 1.807) is 0 Å². The number of benzene rings is 2. The topological polar surface area (TPSA) is 38.8 Å². The molecule has 0 amide bonds. The molecule has 1 aliphatic carbocycles. The standard InChI is InChI=1S/C30H41NO3/c1-30(2,3)26-10-14-28(15-11-26)34-27-12-8-23(9-13-27)25-7-5-6-22(20-25)21-31-18-16-24(17-19-31)29(32)33-4/h5-9,12-13,20,24,26,28H,10-11,14-19,21H2,1-4H3. The van der Waals surface area contributed by atoms with E-state index in [1.807, 2.05) is 0 Å². The summed E-state index contributed by atoms with van der Waals surface area (Å²) in [5.74, 6) is 1.78. The van der Waals surface area contributed by atoms with Crippen molar-refractivity contribution in [1.29, 1.82) is 0 Å². The molecule has 4 heteroatoms. The molecule has 184 valence electrons. The van der Waals surface area contributed by atoms with Crippen LogP contribution in [-0.4, -0.2) is 37.2 Å². The number of hydrogen-bond acceptors (Lipinski definition) is 4. The zero-order valence-electron chi connectivity index (χ0n) is 21.4. The highest BCUT2D eigenvalue weighted by Gasteiger charge is 2.30. The van der Waals surface area contributed by atoms with Crippen molar-refractivity contribution in [1.82, 2.24) is 4.90 Å². The van der Waals surface area contributed by atoms with Crippen molar-refractivity contribution < 1.29 is 14.3 Å². The van der Waals surface area contributed by atoms with Crippen LogP contribution in [0, 0.1) is 17.3 Å². The van der Waals surface area contributed by atoms with Gasteiger partial charge in [-0.2, -0.15) is 0 Å². The van der Waals surface area contributed by atoms with Gasteiger partial charge in [-0.15, -0.1) is 0 Å². The predicted octanol–water partition coefficient (Wildman–Crippen LogP) is 6.72. The van der Waals surface area contributed by atoms with Crippen molar-refractivity contribution in [2.45, 2.75) is 71.9 Å². The summed E-state index contributed by atoms with van der Waals surface area (Å²) in [4.78, 5) is 14.2. The SMILES string of the molecule is COC(=O)C1CCN(Cc2cccc(-c3ccc(OC4CCC(C(C)(C)C)CC4)cc3)c2)CC1. The summed E-state index contributed by atoms with van der Waals surface area (Å²) in [6.07, 6.45) is 6.94. The van der Waals surface area contributed by atoms with Crippen molar-refractivity contribution >= 4 is 5.97 Å². The number of carbonyl (C=O) groups excluding carboxylic acids is 1. The quantitative estimate of drug-likeness (QED) is 0.446. The Balaban J connectivity index is 1.30. The summed E-state index contributed by atoms with van der Waals surface area (Å²) >= 11 is 0. The number of nitrogens with zero attached hydrogens (tertiary/aromatic N) is 1. The smallest absolute Gasteiger partial charge is 0.308 e. The Morgan fingerprint density at radius 3 is 2.21 bits per heavy atom. The van der Waals surface area contributed by atoms with Crippen LogP contribution in [0.3, 0.4) is 0 Å². The van der Waals surface area contributed by atoms with Crippen LogP contribution in [0.15, 0.2) is 48.5 Å². The molecule has 1 heterocycles. The molecule has 2 fully saturated rings. The van der Waals surface area contributed by atoms with E-state index in [0.717, 1.165) is 57.0 Å². The third kappa shape index (κ3) is 6.41. The molecule has 1 saturated heterocycles. The van der Waals surface area contributed by atoms with E-state index in [9.17, 15) is 4.79 Å². The summed E-state index contributed by atoms with van der Waals surface area (Å²) in [5.41, 5.74) is 4.17. The molecule has 0 atom stereocenters. The molecule has 1 aliphatic heterocycles. The summed E-state index contributed by atoms with van der Waals surface area (Å²) in [7, 11) is 1.48. The first-order chi connectivity index (χ1) is 16.3. The maximum Gasteiger partial charge on any atom is 0.308 e. The second-order valence-corrected chi connectivity index (χ2v) is 11.3. The number of piperidine rings is 1. The summed E-state index contributed by atoms with van der Waals surface area (Å²) in [6.45, 7) is 9.88. The summed E-state index contributed by atoms with van der Waals surface area (Å²) in [5, 5.41) is 0. The van der Waals surface area contributed by atoms with Gasteiger partial charge in [0, 0.05) is 6.54 Å². The second-order valence-electron chi connectivity index (χ2n) is 11.3. The van der Waals surface area contributed by atoms with Crippen LogP contribution in [-0.2, 0) is 16.1 Å². The average Bonchev–Trinajstić information content (AvgIpc) is 2.84. The number of hydrogen-bond donors (Lipinski definition) is 0. The van der Waals surface area contributed by atoms with Gasteiger partial charge in [0.05, 0.1) is 19.1 Å². The minimum Gasteiger partial charge on any atom is -0.490 e. The van der Waals surface area contributed by atoms with Gasteiger partial charge in [-0.1, -0.05) is 51.1 Å². The first-order valence-corrected chi connectivity index (χ1v) is 13.0. The molecule has 0 aromatic heterocycles. The highest BCUT2D eigenvalue weighted by molar-refractivity contribution is 5.72. The molecule has 4 rings (SSSR count). The third-order valence-electron chi connectivity index (χ3n) is 7.84. The van der Waals surface area contributed by atoms with E-state index in [4.69, 9.17) is 9.47 Å². The number of methoxy groups -OCH3 is 1. The van der Waals surface area contributed by atoms with Crippen molar-refractivity contribution in [2.75, 3.05) is 20.2 Å². The fraction of sp³-hybridized carbons (Fsp3) is 0.567. The lowest BCUT2D eigenvalue weighted by molar-refractivity contribution is -0.147. The lowest BCUT2D eigenvalue weighted by Gasteiger charge is -2.36. The van der Waals surface area contributed by atoms with Crippen LogP contribution in [0.25, 0.3) is 11.1 Å². The van der Waals surface area contributed by atoms with E-state index in [1.165, 1.54) is 36.6 Å². The van der Waals surface area contributed by atoms with Gasteiger partial charge < -0.3 is 9.47 Å². The number of likely N-dealkylation sites (tertiary alicyclic amines) is 1. The number of esters is 1. The molecule has 0 unspecified atom stereocenters. The molecule has 0 bridgehead atoms. The monoisotopic (exact) mass is 463 g/mol. The normalized spacial score (nSPS) is 22.4. The zero-order valence-corrected chi connectivity index (χ0v) is 21.4. The van der Waals surface area contributed by atoms with Gasteiger partial charge in [0.1, 0.15) is 5.75 Å². The zero-order chi connectivity index (χ0) is 24.1. The Labute approximate surface area is 205 Å². The molecule has 34 heavy (non-hydrogen) atoms. The molecular formula is C30H41NO3. The molecule has 2 aromatic carbocycles. The van der Waals surface area contributed by atoms with Crippen molar-refractivity contribution in [2.24, 2.45) is 17.3 Å². The van der Waals surface area contributed by atoms with Crippen LogP contribution in [0.4, 0.5) is 0 Å². The molecule has 2 aromatic rings. The summed E-state index contributed by atoms with van der Waals surface area (Å²) < 4.78 is 11.2. The average molecular weight is 464 g/mol. The maximum absolute atomic E-state index is 11.8. The molecular weight excluding hydrogens is 422 g/mol. The van der Waals surface area contributed by atoms with E-state index < -0.39 is 0 Å². The van der Waals surface area contributed by atoms with Crippen molar-refractivity contribution in [3.05, 3.63) is 54.1 Å². The van der Waals surface area contributed by atoms with Gasteiger partial charge in [0.2, 0.25) is 0 Å². The first-order valence-electron chi connectivity index (χ1n) is 13.0. The molecule has 2 aliphatic rings. The lowest BCUT2D eigenvalue weighted by Crippen LogP contribution is -2.36. The van der Waals surface area contributed by atoms with E-state index in [-0.39, 0.29) is 11.9 Å². The lowest BCUT2D eigenvalue weighted by atomic mass is 9.72. The Kier molecular flexibility index (Phi) is 7.98. The fourth-order valence-corrected chi connectivity index (χ4v) is 5.57. The highest BCUT2D eigenvalue weighted by Crippen LogP contribution is 2.39. The summed E-state index contributed by atoms with van der Waals surface area (Å²) in [6, 6.07) is 17.4. The van der Waals surface area contributed by atoms with Gasteiger partial charge in [-0.05, 0) is 97.8 Å². The largest absolute Gasteiger partial charge is 0.490 e. The minimum absolute atomic E-state index is 0.0573. The van der Waals surface area contributed by atoms with Gasteiger partial charge in [-0.25, -0.2) is 0 Å². The van der Waals surface area contributed by atoms with Crippen molar-refractivity contribution in [3.8, 4) is 16.9 Å². The maximum atomic E-state index is 11.8. The number of ether oxygens (including phenoxy) is 2. The Morgan fingerprint density at radius 2 is 1.59 bits per heavy atom. The first kappa shape index (κ1) is 24.8. The van der Waals surface area contributed by atoms with E-state index >= 15 is 0 Å². The van der Waals surface area contributed by atoms with Crippen LogP contribution in [0.1, 0.15) is 64.9 Å². The molecule has 0 radical (unpaired) electrons. The van der Waals surface area contributed by atoms with Gasteiger partial charge in [0.15, 0.2) is 0 Å². The molecule has 1 saturated carbocycles. The second kappa shape index (κ2) is 10.9. The minimum atomic E-state index is -0.0633. The van der Waals surface area contributed by atoms with Gasteiger partial charge in [0.25, 0.3) is 0 Å². The number of rotatable bonds is 6. The Morgan fingerprint density at radius 1 is 0.912 bits per heavy atom. The fourth-order valence-electron chi connectivity index (χ4n) is 5.57. The van der Waals surface area contributed by atoms with Crippen LogP contribution < -0.4 is 4.74 Å². The van der Waals surface area contributed by atoms with Gasteiger partial charge in [-0.3, -0.25) is 9.69 Å². The van der Waals surface area contributed by atoms with Crippen LogP contribution in [0.2, 0.25) is 0 Å². The Hall–Kier alpha value is -2.33. The Bertz CT molecular complexity index is 930. The van der Waals surface area contributed by atoms with E-state index in [2.05, 4.69) is 74.2 Å². The highest BCUT2D eigenvalue weighted by atomic mass is 16.5. The third-order valence-corrected chi connectivity index (χ3v) is 7.84. The van der Waals surface area contributed by atoms with E-state index in [0.29, 0.717) is 11.5 Å². The molecule has 4 nitrogen and oxygen atoms in total. The van der Waals surface area contributed by atoms with Crippen molar-refractivity contribution in [3.63, 3.8) is 0 Å². The van der Waals surface area contributed by atoms with Crippen LogP contribution >= 0.6 is 0 Å². The molecule has 0 spiro atoms. The predicted molar refractivity (Wildman–Crippen MR) is 138 cm³/mol. The van der Waals surface area contributed by atoms with Gasteiger partial charge >= 0.3 is 5.97 Å².